The van der Waals surface area contributed by atoms with Gasteiger partial charge in [0.15, 0.2) is 0 Å². The summed E-state index contributed by atoms with van der Waals surface area (Å²) >= 11 is 0. The Bertz CT molecular complexity index is 990. The monoisotopic (exact) mass is 393 g/mol. The summed E-state index contributed by atoms with van der Waals surface area (Å²) in [7, 11) is 0. The minimum Gasteiger partial charge on any atom is -0.376 e. The van der Waals surface area contributed by atoms with E-state index in [1.54, 1.807) is 23.0 Å². The first-order valence-corrected chi connectivity index (χ1v) is 9.86. The average molecular weight is 393 g/mol. The molecule has 0 aliphatic carbocycles. The van der Waals surface area contributed by atoms with Crippen LogP contribution in [0.2, 0.25) is 0 Å². The van der Waals surface area contributed by atoms with Crippen molar-refractivity contribution in [1.82, 2.24) is 15.1 Å². The third kappa shape index (κ3) is 4.22. The highest BCUT2D eigenvalue weighted by Crippen LogP contribution is 2.25. The molecule has 1 aromatic heterocycles. The second-order valence-electron chi connectivity index (χ2n) is 7.49. The summed E-state index contributed by atoms with van der Waals surface area (Å²) in [6.45, 7) is 4.71. The van der Waals surface area contributed by atoms with E-state index in [2.05, 4.69) is 10.4 Å². The second kappa shape index (κ2) is 8.17. The SMILES string of the molecule is Cc1ccc(-c2nn(-c3ccc(F)cc3)cc2C(=O)NC(C)C2CCCO2)cc1. The van der Waals surface area contributed by atoms with Gasteiger partial charge in [0.2, 0.25) is 0 Å². The van der Waals surface area contributed by atoms with Crippen molar-refractivity contribution < 1.29 is 13.9 Å². The first-order valence-electron chi connectivity index (χ1n) is 9.86. The van der Waals surface area contributed by atoms with Gasteiger partial charge in [-0.05, 0) is 51.0 Å². The molecule has 1 aliphatic rings. The van der Waals surface area contributed by atoms with E-state index in [9.17, 15) is 9.18 Å². The molecular formula is C23H24FN3O2. The van der Waals surface area contributed by atoms with E-state index in [0.717, 1.165) is 30.6 Å². The van der Waals surface area contributed by atoms with Crippen LogP contribution in [0.3, 0.4) is 0 Å². The molecule has 2 heterocycles. The molecule has 0 bridgehead atoms. The van der Waals surface area contributed by atoms with Crippen molar-refractivity contribution in [2.24, 2.45) is 0 Å². The highest BCUT2D eigenvalue weighted by atomic mass is 19.1. The summed E-state index contributed by atoms with van der Waals surface area (Å²) in [6, 6.07) is 13.8. The van der Waals surface area contributed by atoms with Crippen molar-refractivity contribution >= 4 is 5.91 Å². The minimum absolute atomic E-state index is 0.0360. The minimum atomic E-state index is -0.317. The zero-order valence-electron chi connectivity index (χ0n) is 16.6. The number of nitrogens with one attached hydrogen (secondary N) is 1. The lowest BCUT2D eigenvalue weighted by atomic mass is 10.1. The molecule has 3 aromatic rings. The predicted octanol–water partition coefficient (Wildman–Crippen LogP) is 4.28. The Kier molecular flexibility index (Phi) is 5.45. The highest BCUT2D eigenvalue weighted by molar-refractivity contribution is 6.00. The van der Waals surface area contributed by atoms with Gasteiger partial charge in [0.05, 0.1) is 23.4 Å². The third-order valence-corrected chi connectivity index (χ3v) is 5.26. The van der Waals surface area contributed by atoms with Gasteiger partial charge < -0.3 is 10.1 Å². The number of halogens is 1. The lowest BCUT2D eigenvalue weighted by Gasteiger charge is -2.19. The fraction of sp³-hybridized carbons (Fsp3) is 0.304. The average Bonchev–Trinajstić information content (AvgIpc) is 3.39. The molecule has 1 fully saturated rings. The first kappa shape index (κ1) is 19.3. The quantitative estimate of drug-likeness (QED) is 0.704. The van der Waals surface area contributed by atoms with E-state index in [0.29, 0.717) is 16.9 Å². The molecule has 6 heteroatoms. The van der Waals surface area contributed by atoms with Crippen LogP contribution in [0.4, 0.5) is 4.39 Å². The fourth-order valence-corrected chi connectivity index (χ4v) is 3.57. The van der Waals surface area contributed by atoms with Crippen molar-refractivity contribution in [2.45, 2.75) is 38.8 Å². The molecule has 1 amide bonds. The molecule has 1 saturated heterocycles. The van der Waals surface area contributed by atoms with Crippen LogP contribution in [0.25, 0.3) is 16.9 Å². The molecule has 1 aliphatic heterocycles. The molecular weight excluding hydrogens is 369 g/mol. The number of nitrogens with zero attached hydrogens (tertiary/aromatic N) is 2. The Labute approximate surface area is 169 Å². The van der Waals surface area contributed by atoms with Gasteiger partial charge in [-0.3, -0.25) is 4.79 Å². The van der Waals surface area contributed by atoms with Crippen LogP contribution in [0.5, 0.6) is 0 Å². The van der Waals surface area contributed by atoms with Crippen LogP contribution < -0.4 is 5.32 Å². The van der Waals surface area contributed by atoms with Crippen LogP contribution >= 0.6 is 0 Å². The Hall–Kier alpha value is -2.99. The Morgan fingerprint density at radius 2 is 1.93 bits per heavy atom. The van der Waals surface area contributed by atoms with Gasteiger partial charge >= 0.3 is 0 Å². The van der Waals surface area contributed by atoms with Crippen LogP contribution in [-0.4, -0.2) is 34.4 Å². The number of amides is 1. The zero-order chi connectivity index (χ0) is 20.4. The van der Waals surface area contributed by atoms with E-state index in [-0.39, 0.29) is 23.9 Å². The lowest BCUT2D eigenvalue weighted by molar-refractivity contribution is 0.0712. The molecule has 29 heavy (non-hydrogen) atoms. The second-order valence-corrected chi connectivity index (χ2v) is 7.49. The number of benzene rings is 2. The zero-order valence-corrected chi connectivity index (χ0v) is 16.6. The van der Waals surface area contributed by atoms with Crippen LogP contribution in [0.1, 0.15) is 35.7 Å². The first-order chi connectivity index (χ1) is 14.0. The van der Waals surface area contributed by atoms with E-state index >= 15 is 0 Å². The smallest absolute Gasteiger partial charge is 0.255 e. The lowest BCUT2D eigenvalue weighted by Crippen LogP contribution is -2.40. The van der Waals surface area contributed by atoms with Crippen molar-refractivity contribution in [3.63, 3.8) is 0 Å². The molecule has 0 saturated carbocycles. The predicted molar refractivity (Wildman–Crippen MR) is 110 cm³/mol. The highest BCUT2D eigenvalue weighted by Gasteiger charge is 2.26. The number of ether oxygens (including phenoxy) is 1. The van der Waals surface area contributed by atoms with E-state index < -0.39 is 0 Å². The number of aryl methyl sites for hydroxylation is 1. The van der Waals surface area contributed by atoms with Gasteiger partial charge in [0.25, 0.3) is 5.91 Å². The van der Waals surface area contributed by atoms with Crippen molar-refractivity contribution in [3.8, 4) is 16.9 Å². The molecule has 150 valence electrons. The number of carbonyl (C=O) groups excluding carboxylic acids is 1. The molecule has 2 unspecified atom stereocenters. The molecule has 2 atom stereocenters. The summed E-state index contributed by atoms with van der Waals surface area (Å²) in [5, 5.41) is 7.69. The number of aromatic nitrogens is 2. The summed E-state index contributed by atoms with van der Waals surface area (Å²) in [4.78, 5) is 13.1. The molecule has 4 rings (SSSR count). The Morgan fingerprint density at radius 1 is 1.21 bits per heavy atom. The van der Waals surface area contributed by atoms with Crippen LogP contribution in [0.15, 0.2) is 54.7 Å². The Morgan fingerprint density at radius 3 is 2.59 bits per heavy atom. The van der Waals surface area contributed by atoms with Crippen molar-refractivity contribution in [3.05, 3.63) is 71.7 Å². The van der Waals surface area contributed by atoms with Gasteiger partial charge in [-0.1, -0.05) is 29.8 Å². The molecule has 0 radical (unpaired) electrons. The topological polar surface area (TPSA) is 56.2 Å². The molecule has 5 nitrogen and oxygen atoms in total. The van der Waals surface area contributed by atoms with Gasteiger partial charge in [-0.25, -0.2) is 9.07 Å². The maximum absolute atomic E-state index is 13.3. The Balaban J connectivity index is 1.69. The molecule has 0 spiro atoms. The summed E-state index contributed by atoms with van der Waals surface area (Å²) in [5.41, 5.74) is 3.73. The molecule has 2 aromatic carbocycles. The van der Waals surface area contributed by atoms with E-state index in [1.165, 1.54) is 12.1 Å². The fourth-order valence-electron chi connectivity index (χ4n) is 3.57. The van der Waals surface area contributed by atoms with Gasteiger partial charge in [-0.15, -0.1) is 0 Å². The standard InChI is InChI=1S/C23H24FN3O2/c1-15-5-7-17(8-6-15)22-20(23(28)25-16(2)21-4-3-13-29-21)14-27(26-22)19-11-9-18(24)10-12-19/h5-12,14,16,21H,3-4,13H2,1-2H3,(H,25,28). The summed E-state index contributed by atoms with van der Waals surface area (Å²) < 4.78 is 20.6. The van der Waals surface area contributed by atoms with E-state index in [4.69, 9.17) is 4.74 Å². The maximum Gasteiger partial charge on any atom is 0.255 e. The van der Waals surface area contributed by atoms with E-state index in [1.807, 2.05) is 38.1 Å². The van der Waals surface area contributed by atoms with Crippen molar-refractivity contribution in [1.29, 1.82) is 0 Å². The van der Waals surface area contributed by atoms with Gasteiger partial charge in [0, 0.05) is 18.4 Å². The van der Waals surface area contributed by atoms with Crippen molar-refractivity contribution in [2.75, 3.05) is 6.61 Å². The van der Waals surface area contributed by atoms with Crippen LogP contribution in [0, 0.1) is 12.7 Å². The number of carbonyl (C=O) groups is 1. The number of hydrogen-bond acceptors (Lipinski definition) is 3. The summed E-state index contributed by atoms with van der Waals surface area (Å²) in [5.74, 6) is -0.514. The van der Waals surface area contributed by atoms with Gasteiger partial charge in [-0.2, -0.15) is 5.10 Å². The largest absolute Gasteiger partial charge is 0.376 e. The normalized spacial score (nSPS) is 17.3. The number of hydrogen-bond donors (Lipinski definition) is 1. The maximum atomic E-state index is 13.3. The molecule has 1 N–H and O–H groups in total. The third-order valence-electron chi connectivity index (χ3n) is 5.26. The van der Waals surface area contributed by atoms with Crippen LogP contribution in [-0.2, 0) is 4.74 Å². The summed E-state index contributed by atoms with van der Waals surface area (Å²) in [6.07, 6.45) is 3.69. The number of rotatable bonds is 5. The van der Waals surface area contributed by atoms with Gasteiger partial charge in [0.1, 0.15) is 11.5 Å².